The molecule has 1 saturated carbocycles. The predicted octanol–water partition coefficient (Wildman–Crippen LogP) is 8.70. The second-order valence-corrected chi connectivity index (χ2v) is 16.8. The van der Waals surface area contributed by atoms with Gasteiger partial charge in [-0.25, -0.2) is 4.90 Å². The molecule has 2 aliphatic carbocycles. The highest BCUT2D eigenvalue weighted by Crippen LogP contribution is 2.64. The van der Waals surface area contributed by atoms with Crippen LogP contribution >= 0.6 is 34.5 Å². The van der Waals surface area contributed by atoms with Gasteiger partial charge in [0.25, 0.3) is 0 Å². The number of allylic oxidation sites excluding steroid dienone is 2. The maximum atomic E-state index is 15.1. The molecular weight excluding hydrogens is 743 g/mol. The van der Waals surface area contributed by atoms with Crippen LogP contribution in [0, 0.1) is 36.0 Å². The van der Waals surface area contributed by atoms with E-state index in [4.69, 9.17) is 28.3 Å². The summed E-state index contributed by atoms with van der Waals surface area (Å²) in [6, 6.07) is 19.2. The highest BCUT2D eigenvalue weighted by molar-refractivity contribution is 7.22. The number of phenolic OH excluding ortho intramolecular Hbond substituents is 1. The van der Waals surface area contributed by atoms with Crippen molar-refractivity contribution in [2.24, 2.45) is 36.1 Å². The van der Waals surface area contributed by atoms with Crippen LogP contribution in [-0.4, -0.2) is 38.5 Å². The van der Waals surface area contributed by atoms with Gasteiger partial charge in [0.05, 0.1) is 33.7 Å². The topological polar surface area (TPSA) is 113 Å². The van der Waals surface area contributed by atoms with E-state index in [2.05, 4.69) is 6.58 Å². The molecule has 6 unspecified atom stereocenters. The summed E-state index contributed by atoms with van der Waals surface area (Å²) < 4.78 is 2.59. The summed E-state index contributed by atoms with van der Waals surface area (Å²) in [5, 5.41) is 18.2. The SMILES string of the molecule is C=Cc1ccc(N2C(=O)C3CC=C4C(CC5C(=O)N(c6cc(-c7sc8ccc(Cl)cc8c7C)nn6C)C(=O)C5(C)C4c4cc(Cl)ccc4O)C3C2=O)cc1. The number of halogens is 2. The van der Waals surface area contributed by atoms with Crippen molar-refractivity contribution in [1.82, 2.24) is 9.78 Å². The molecule has 3 aromatic carbocycles. The van der Waals surface area contributed by atoms with Gasteiger partial charge in [-0.2, -0.15) is 5.10 Å². The van der Waals surface area contributed by atoms with Crippen LogP contribution in [-0.2, 0) is 26.2 Å². The summed E-state index contributed by atoms with van der Waals surface area (Å²) in [6.07, 6.45) is 4.09. The lowest BCUT2D eigenvalue weighted by molar-refractivity contribution is -0.131. The van der Waals surface area contributed by atoms with Crippen LogP contribution in [0.5, 0.6) is 5.75 Å². The minimum atomic E-state index is -1.37. The first-order chi connectivity index (χ1) is 25.8. The first-order valence-corrected chi connectivity index (χ1v) is 19.3. The van der Waals surface area contributed by atoms with E-state index in [0.717, 1.165) is 31.7 Å². The second-order valence-electron chi connectivity index (χ2n) is 14.9. The van der Waals surface area contributed by atoms with Gasteiger partial charge in [0.2, 0.25) is 23.6 Å². The van der Waals surface area contributed by atoms with Crippen LogP contribution in [0.25, 0.3) is 26.7 Å². The normalized spacial score (nSPS) is 26.3. The molecule has 4 aliphatic rings. The van der Waals surface area contributed by atoms with E-state index in [1.165, 1.54) is 15.9 Å². The van der Waals surface area contributed by atoms with Crippen molar-refractivity contribution in [3.63, 3.8) is 0 Å². The molecule has 12 heteroatoms. The molecule has 3 fully saturated rings. The number of aromatic hydroxyl groups is 1. The number of hydrogen-bond donors (Lipinski definition) is 1. The van der Waals surface area contributed by atoms with Crippen LogP contribution in [0.3, 0.4) is 0 Å². The number of phenols is 1. The lowest BCUT2D eigenvalue weighted by Crippen LogP contribution is -2.49. The monoisotopic (exact) mass is 776 g/mol. The zero-order valence-electron chi connectivity index (χ0n) is 29.5. The van der Waals surface area contributed by atoms with E-state index in [1.54, 1.807) is 78.5 Å². The Morgan fingerprint density at radius 2 is 1.65 bits per heavy atom. The van der Waals surface area contributed by atoms with Gasteiger partial charge in [-0.1, -0.05) is 59.6 Å². The van der Waals surface area contributed by atoms with Gasteiger partial charge in [-0.15, -0.1) is 11.3 Å². The number of rotatable bonds is 5. The summed E-state index contributed by atoms with van der Waals surface area (Å²) in [7, 11) is 1.70. The molecule has 2 aromatic heterocycles. The number of imide groups is 2. The summed E-state index contributed by atoms with van der Waals surface area (Å²) in [5.74, 6) is -4.88. The molecule has 272 valence electrons. The average molecular weight is 778 g/mol. The number of anilines is 2. The smallest absolute Gasteiger partial charge is 0.242 e. The van der Waals surface area contributed by atoms with E-state index in [9.17, 15) is 19.5 Å². The Kier molecular flexibility index (Phi) is 7.87. The number of amides is 4. The Balaban J connectivity index is 1.15. The molecule has 2 aliphatic heterocycles. The fourth-order valence-electron chi connectivity index (χ4n) is 9.56. The predicted molar refractivity (Wildman–Crippen MR) is 211 cm³/mol. The maximum Gasteiger partial charge on any atom is 0.242 e. The Morgan fingerprint density at radius 1 is 0.926 bits per heavy atom. The van der Waals surface area contributed by atoms with E-state index < -0.39 is 46.8 Å². The van der Waals surface area contributed by atoms with Crippen LogP contribution in [0.15, 0.2) is 85.0 Å². The number of thiophene rings is 1. The van der Waals surface area contributed by atoms with Crippen molar-refractivity contribution in [1.29, 1.82) is 0 Å². The van der Waals surface area contributed by atoms with Gasteiger partial charge in [0, 0.05) is 39.3 Å². The van der Waals surface area contributed by atoms with Gasteiger partial charge < -0.3 is 5.11 Å². The summed E-state index contributed by atoms with van der Waals surface area (Å²) in [6.45, 7) is 7.57. The summed E-state index contributed by atoms with van der Waals surface area (Å²) in [4.78, 5) is 61.7. The zero-order chi connectivity index (χ0) is 38.0. The first-order valence-electron chi connectivity index (χ1n) is 17.7. The molecule has 9 nitrogen and oxygen atoms in total. The van der Waals surface area contributed by atoms with Crippen molar-refractivity contribution in [3.8, 4) is 16.3 Å². The molecule has 6 atom stereocenters. The largest absolute Gasteiger partial charge is 0.508 e. The van der Waals surface area contributed by atoms with Gasteiger partial charge >= 0.3 is 0 Å². The van der Waals surface area contributed by atoms with Crippen molar-refractivity contribution < 1.29 is 24.3 Å². The third-order valence-corrected chi connectivity index (χ3v) is 13.9. The lowest BCUT2D eigenvalue weighted by Gasteiger charge is -2.49. The van der Waals surface area contributed by atoms with Gasteiger partial charge in [0.1, 0.15) is 17.3 Å². The lowest BCUT2D eigenvalue weighted by atomic mass is 9.51. The highest BCUT2D eigenvalue weighted by atomic mass is 35.5. The number of carbonyl (C=O) groups is 4. The van der Waals surface area contributed by atoms with Crippen molar-refractivity contribution in [2.45, 2.75) is 32.6 Å². The fraction of sp³-hybridized carbons (Fsp3) is 0.262. The number of aryl methyl sites for hydroxylation is 2. The molecule has 54 heavy (non-hydrogen) atoms. The molecule has 2 saturated heterocycles. The number of nitrogens with zero attached hydrogens (tertiary/aromatic N) is 4. The van der Waals surface area contributed by atoms with Gasteiger partial charge in [-0.05, 0) is 97.7 Å². The summed E-state index contributed by atoms with van der Waals surface area (Å²) in [5.41, 5.74) is 2.71. The molecular formula is C42H34Cl2N4O5S. The van der Waals surface area contributed by atoms with Gasteiger partial charge in [0.15, 0.2) is 0 Å². The standard InChI is InChI=1S/C42H34Cl2N4O5S/c1-5-21-6-10-24(11-7-21)47-38(50)26-13-12-25-28(35(26)40(47)52)18-30-39(51)48(41(53)42(30,3)36(25)29-17-22(43)8-14-32(29)49)34-19-31(45-46(34)4)37-20(2)27-16-23(44)9-15-33(27)54-37/h5-12,14-17,19,26,28,30,35-36,49H,1,13,18H2,2-4H3. The van der Waals surface area contributed by atoms with E-state index in [1.807, 2.05) is 31.2 Å². The summed E-state index contributed by atoms with van der Waals surface area (Å²) >= 11 is 14.4. The van der Waals surface area contributed by atoms with Gasteiger partial charge in [-0.3, -0.25) is 28.8 Å². The Hall–Kier alpha value is -5.03. The van der Waals surface area contributed by atoms with E-state index in [0.29, 0.717) is 32.8 Å². The molecule has 0 spiro atoms. The second kappa shape index (κ2) is 12.2. The number of aromatic nitrogens is 2. The Bertz CT molecular complexity index is 2540. The molecule has 0 bridgehead atoms. The Labute approximate surface area is 325 Å². The minimum Gasteiger partial charge on any atom is -0.508 e. The molecule has 0 radical (unpaired) electrons. The van der Waals surface area contributed by atoms with Crippen molar-refractivity contribution in [3.05, 3.63) is 112 Å². The molecule has 1 N–H and O–H groups in total. The Morgan fingerprint density at radius 3 is 2.39 bits per heavy atom. The maximum absolute atomic E-state index is 15.1. The number of carbonyl (C=O) groups excluding carboxylic acids is 4. The molecule has 4 amide bonds. The minimum absolute atomic E-state index is 0.0762. The van der Waals surface area contributed by atoms with Crippen LogP contribution < -0.4 is 9.80 Å². The molecule has 9 rings (SSSR count). The molecule has 5 aromatic rings. The van der Waals surface area contributed by atoms with Crippen LogP contribution in [0.2, 0.25) is 10.0 Å². The van der Waals surface area contributed by atoms with Crippen molar-refractivity contribution >= 4 is 85.8 Å². The zero-order valence-corrected chi connectivity index (χ0v) is 31.9. The first kappa shape index (κ1) is 34.7. The number of hydrogen-bond acceptors (Lipinski definition) is 7. The third kappa shape index (κ3) is 4.79. The highest BCUT2D eigenvalue weighted by Gasteiger charge is 2.68. The van der Waals surface area contributed by atoms with Crippen molar-refractivity contribution in [2.75, 3.05) is 9.80 Å². The fourth-order valence-corrected chi connectivity index (χ4v) is 11.1. The number of benzene rings is 3. The van der Waals surface area contributed by atoms with Crippen LogP contribution in [0.1, 0.15) is 42.4 Å². The quantitative estimate of drug-likeness (QED) is 0.141. The van der Waals surface area contributed by atoms with Crippen LogP contribution in [0.4, 0.5) is 11.5 Å². The average Bonchev–Trinajstić information content (AvgIpc) is 3.83. The van der Waals surface area contributed by atoms with E-state index >= 15 is 4.79 Å². The number of fused-ring (bicyclic) bond motifs is 5. The molecule has 4 heterocycles. The van der Waals surface area contributed by atoms with E-state index in [-0.39, 0.29) is 30.4 Å². The third-order valence-electron chi connectivity index (χ3n) is 12.2.